The van der Waals surface area contributed by atoms with Crippen LogP contribution in [0.3, 0.4) is 0 Å². The second-order valence-corrected chi connectivity index (χ2v) is 6.85. The van der Waals surface area contributed by atoms with Crippen molar-refractivity contribution in [2.75, 3.05) is 12.0 Å². The van der Waals surface area contributed by atoms with Crippen molar-refractivity contribution >= 4 is 9.84 Å². The molecule has 0 radical (unpaired) electrons. The number of hydrogen-bond acceptors (Lipinski definition) is 3. The fraction of sp³-hybridized carbons (Fsp3) is 1.00. The van der Waals surface area contributed by atoms with Crippen LogP contribution >= 0.6 is 0 Å². The zero-order chi connectivity index (χ0) is 10.1. The van der Waals surface area contributed by atoms with E-state index in [1.165, 1.54) is 6.26 Å². The average molecular weight is 206 g/mol. The lowest BCUT2D eigenvalue weighted by atomic mass is 9.86. The Morgan fingerprint density at radius 3 is 2.54 bits per heavy atom. The van der Waals surface area contributed by atoms with Gasteiger partial charge in [0.1, 0.15) is 9.84 Å². The van der Waals surface area contributed by atoms with E-state index >= 15 is 0 Å². The average Bonchev–Trinajstić information content (AvgIpc) is 2.27. The molecule has 0 aromatic heterocycles. The van der Waals surface area contributed by atoms with Crippen molar-refractivity contribution in [3.63, 3.8) is 0 Å². The minimum Gasteiger partial charge on any atom is -0.393 e. The van der Waals surface area contributed by atoms with E-state index < -0.39 is 9.84 Å². The molecule has 0 amide bonds. The number of hydrogen-bond donors (Lipinski definition) is 1. The van der Waals surface area contributed by atoms with Crippen LogP contribution in [0.2, 0.25) is 0 Å². The number of rotatable bonds is 3. The topological polar surface area (TPSA) is 54.4 Å². The van der Waals surface area contributed by atoms with Gasteiger partial charge in [-0.05, 0) is 31.1 Å². The molecule has 0 spiro atoms. The van der Waals surface area contributed by atoms with Crippen LogP contribution in [0.1, 0.15) is 32.6 Å². The van der Waals surface area contributed by atoms with Gasteiger partial charge in [-0.25, -0.2) is 8.42 Å². The summed E-state index contributed by atoms with van der Waals surface area (Å²) in [6.07, 6.45) is 4.25. The highest BCUT2D eigenvalue weighted by atomic mass is 32.2. The predicted molar refractivity (Wildman–Crippen MR) is 52.3 cm³/mol. The maximum Gasteiger partial charge on any atom is 0.147 e. The Morgan fingerprint density at radius 2 is 2.15 bits per heavy atom. The lowest BCUT2D eigenvalue weighted by Gasteiger charge is -2.22. The molecule has 3 nitrogen and oxygen atoms in total. The molecule has 1 N–H and O–H groups in total. The summed E-state index contributed by atoms with van der Waals surface area (Å²) in [5, 5.41) is 9.34. The molecule has 1 rings (SSSR count). The van der Waals surface area contributed by atoms with Crippen molar-refractivity contribution in [2.45, 2.75) is 38.7 Å². The van der Waals surface area contributed by atoms with Crippen LogP contribution in [0.5, 0.6) is 0 Å². The molecule has 0 aromatic carbocycles. The van der Waals surface area contributed by atoms with Gasteiger partial charge in [0.2, 0.25) is 0 Å². The van der Waals surface area contributed by atoms with Crippen molar-refractivity contribution in [1.82, 2.24) is 0 Å². The molecule has 1 saturated carbocycles. The first kappa shape index (κ1) is 11.0. The maximum atomic E-state index is 10.9. The Balaban J connectivity index is 2.45. The van der Waals surface area contributed by atoms with Gasteiger partial charge in [0.25, 0.3) is 0 Å². The third kappa shape index (κ3) is 3.65. The highest BCUT2D eigenvalue weighted by Gasteiger charge is 2.34. The summed E-state index contributed by atoms with van der Waals surface area (Å²) in [6, 6.07) is 0. The van der Waals surface area contributed by atoms with Crippen molar-refractivity contribution < 1.29 is 13.5 Å². The lowest BCUT2D eigenvalue weighted by molar-refractivity contribution is 0.162. The van der Waals surface area contributed by atoms with Gasteiger partial charge in [-0.15, -0.1) is 0 Å². The van der Waals surface area contributed by atoms with Crippen LogP contribution in [0, 0.1) is 5.41 Å². The molecule has 13 heavy (non-hydrogen) atoms. The van der Waals surface area contributed by atoms with E-state index in [0.29, 0.717) is 6.42 Å². The van der Waals surface area contributed by atoms with E-state index in [1.54, 1.807) is 0 Å². The summed E-state index contributed by atoms with van der Waals surface area (Å²) in [7, 11) is -2.85. The predicted octanol–water partition coefficient (Wildman–Crippen LogP) is 0.972. The molecule has 4 heteroatoms. The van der Waals surface area contributed by atoms with Crippen LogP contribution < -0.4 is 0 Å². The largest absolute Gasteiger partial charge is 0.393 e. The Kier molecular flexibility index (Phi) is 3.02. The first-order valence-corrected chi connectivity index (χ1v) is 6.73. The van der Waals surface area contributed by atoms with E-state index in [-0.39, 0.29) is 17.3 Å². The molecule has 78 valence electrons. The fourth-order valence-electron chi connectivity index (χ4n) is 1.95. The molecule has 1 fully saturated rings. The second kappa shape index (κ2) is 3.58. The van der Waals surface area contributed by atoms with Gasteiger partial charge in [0, 0.05) is 6.26 Å². The van der Waals surface area contributed by atoms with Gasteiger partial charge in [-0.2, -0.15) is 0 Å². The molecular formula is C9H18O3S. The fourth-order valence-corrected chi connectivity index (χ4v) is 2.81. The highest BCUT2D eigenvalue weighted by Crippen LogP contribution is 2.40. The summed E-state index contributed by atoms with van der Waals surface area (Å²) in [5.74, 6) is 0.246. The molecule has 0 bridgehead atoms. The van der Waals surface area contributed by atoms with Gasteiger partial charge < -0.3 is 5.11 Å². The van der Waals surface area contributed by atoms with E-state index in [4.69, 9.17) is 0 Å². The van der Waals surface area contributed by atoms with Crippen molar-refractivity contribution in [2.24, 2.45) is 5.41 Å². The van der Waals surface area contributed by atoms with Gasteiger partial charge in [0.05, 0.1) is 11.9 Å². The Morgan fingerprint density at radius 1 is 1.54 bits per heavy atom. The summed E-state index contributed by atoms with van der Waals surface area (Å²) < 4.78 is 21.9. The van der Waals surface area contributed by atoms with Gasteiger partial charge >= 0.3 is 0 Å². The molecular weight excluding hydrogens is 188 g/mol. The zero-order valence-corrected chi connectivity index (χ0v) is 9.10. The van der Waals surface area contributed by atoms with E-state index in [2.05, 4.69) is 6.92 Å². The molecule has 0 heterocycles. The van der Waals surface area contributed by atoms with Crippen LogP contribution in [-0.4, -0.2) is 31.6 Å². The van der Waals surface area contributed by atoms with E-state index in [0.717, 1.165) is 19.3 Å². The molecule has 2 unspecified atom stereocenters. The number of sulfone groups is 1. The lowest BCUT2D eigenvalue weighted by Crippen LogP contribution is -2.18. The minimum atomic E-state index is -2.85. The third-order valence-electron chi connectivity index (χ3n) is 2.89. The molecule has 0 saturated heterocycles. The SMILES string of the molecule is CC1(CCS(C)(=O)=O)CCC(O)C1. The summed E-state index contributed by atoms with van der Waals surface area (Å²) in [4.78, 5) is 0. The van der Waals surface area contributed by atoms with Gasteiger partial charge in [-0.3, -0.25) is 0 Å². The number of aliphatic hydroxyl groups excluding tert-OH is 1. The second-order valence-electron chi connectivity index (χ2n) is 4.59. The molecule has 0 aliphatic heterocycles. The third-order valence-corrected chi connectivity index (χ3v) is 3.83. The maximum absolute atomic E-state index is 10.9. The monoisotopic (exact) mass is 206 g/mol. The minimum absolute atomic E-state index is 0.0441. The van der Waals surface area contributed by atoms with Crippen LogP contribution in [0.15, 0.2) is 0 Å². The number of aliphatic hydroxyl groups is 1. The zero-order valence-electron chi connectivity index (χ0n) is 8.28. The van der Waals surface area contributed by atoms with Gasteiger partial charge in [-0.1, -0.05) is 6.92 Å². The van der Waals surface area contributed by atoms with E-state index in [9.17, 15) is 13.5 Å². The van der Waals surface area contributed by atoms with Gasteiger partial charge in [0.15, 0.2) is 0 Å². The molecule has 1 aliphatic carbocycles. The Bertz CT molecular complexity index is 271. The quantitative estimate of drug-likeness (QED) is 0.748. The first-order chi connectivity index (χ1) is 5.81. The van der Waals surface area contributed by atoms with Crippen molar-refractivity contribution in [3.05, 3.63) is 0 Å². The standard InChI is InChI=1S/C9H18O3S/c1-9(4-3-8(10)7-9)5-6-13(2,11)12/h8,10H,3-7H2,1-2H3. The van der Waals surface area contributed by atoms with Crippen molar-refractivity contribution in [1.29, 1.82) is 0 Å². The summed E-state index contributed by atoms with van der Waals surface area (Å²) in [5.41, 5.74) is 0.0441. The first-order valence-electron chi connectivity index (χ1n) is 4.67. The van der Waals surface area contributed by atoms with Crippen LogP contribution in [-0.2, 0) is 9.84 Å². The normalized spacial score (nSPS) is 35.2. The highest BCUT2D eigenvalue weighted by molar-refractivity contribution is 7.90. The Hall–Kier alpha value is -0.0900. The Labute approximate surface area is 80.1 Å². The molecule has 1 aliphatic rings. The molecule has 0 aromatic rings. The smallest absolute Gasteiger partial charge is 0.147 e. The van der Waals surface area contributed by atoms with E-state index in [1.807, 2.05) is 0 Å². The van der Waals surface area contributed by atoms with Crippen LogP contribution in [0.25, 0.3) is 0 Å². The summed E-state index contributed by atoms with van der Waals surface area (Å²) >= 11 is 0. The molecule has 2 atom stereocenters. The summed E-state index contributed by atoms with van der Waals surface area (Å²) in [6.45, 7) is 2.06. The van der Waals surface area contributed by atoms with Crippen LogP contribution in [0.4, 0.5) is 0 Å². The van der Waals surface area contributed by atoms with Crippen molar-refractivity contribution in [3.8, 4) is 0 Å².